The van der Waals surface area contributed by atoms with E-state index in [4.69, 9.17) is 11.6 Å². The third kappa shape index (κ3) is 3.45. The summed E-state index contributed by atoms with van der Waals surface area (Å²) < 4.78 is 0. The van der Waals surface area contributed by atoms with E-state index in [-0.39, 0.29) is 11.7 Å². The second-order valence-corrected chi connectivity index (χ2v) is 4.88. The molecule has 102 valence electrons. The number of ketones is 1. The van der Waals surface area contributed by atoms with E-state index < -0.39 is 5.92 Å². The quantitative estimate of drug-likeness (QED) is 0.687. The van der Waals surface area contributed by atoms with Crippen LogP contribution in [0.3, 0.4) is 0 Å². The summed E-state index contributed by atoms with van der Waals surface area (Å²) in [6.45, 7) is 1.59. The number of para-hydroxylation sites is 1. The summed E-state index contributed by atoms with van der Waals surface area (Å²) in [5.74, 6) is -1.30. The molecular weight excluding hydrogens is 274 g/mol. The Kier molecular flexibility index (Phi) is 4.53. The van der Waals surface area contributed by atoms with Gasteiger partial charge in [-0.1, -0.05) is 29.8 Å². The Hall–Kier alpha value is -2.13. The lowest BCUT2D eigenvalue weighted by Crippen LogP contribution is -2.27. The van der Waals surface area contributed by atoms with Crippen molar-refractivity contribution in [2.75, 3.05) is 5.32 Å². The Morgan fingerprint density at radius 2 is 1.60 bits per heavy atom. The average molecular weight is 288 g/mol. The maximum atomic E-state index is 12.2. The van der Waals surface area contributed by atoms with Crippen molar-refractivity contribution < 1.29 is 9.59 Å². The number of halogens is 1. The van der Waals surface area contributed by atoms with Crippen LogP contribution in [0.4, 0.5) is 5.69 Å². The van der Waals surface area contributed by atoms with E-state index in [2.05, 4.69) is 5.32 Å². The monoisotopic (exact) mass is 287 g/mol. The third-order valence-corrected chi connectivity index (χ3v) is 3.21. The van der Waals surface area contributed by atoms with Crippen LogP contribution in [0.2, 0.25) is 5.02 Å². The van der Waals surface area contributed by atoms with Gasteiger partial charge in [-0.15, -0.1) is 0 Å². The smallest absolute Gasteiger partial charge is 0.235 e. The second kappa shape index (κ2) is 6.35. The van der Waals surface area contributed by atoms with Crippen LogP contribution in [0.25, 0.3) is 0 Å². The first-order valence-corrected chi connectivity index (χ1v) is 6.61. The molecule has 1 atom stereocenters. The van der Waals surface area contributed by atoms with Gasteiger partial charge in [0.1, 0.15) is 0 Å². The number of hydrogen-bond acceptors (Lipinski definition) is 2. The van der Waals surface area contributed by atoms with Gasteiger partial charge >= 0.3 is 0 Å². The van der Waals surface area contributed by atoms with E-state index >= 15 is 0 Å². The molecule has 0 heterocycles. The van der Waals surface area contributed by atoms with Crippen molar-refractivity contribution in [1.82, 2.24) is 0 Å². The minimum absolute atomic E-state index is 0.227. The van der Waals surface area contributed by atoms with Gasteiger partial charge in [-0.3, -0.25) is 9.59 Å². The molecule has 1 unspecified atom stereocenters. The molecule has 0 aliphatic carbocycles. The Balaban J connectivity index is 2.06. The fourth-order valence-corrected chi connectivity index (χ4v) is 1.88. The summed E-state index contributed by atoms with van der Waals surface area (Å²) in [7, 11) is 0. The van der Waals surface area contributed by atoms with Gasteiger partial charge in [0.2, 0.25) is 5.91 Å². The lowest BCUT2D eigenvalue weighted by atomic mass is 9.98. The first-order valence-electron chi connectivity index (χ1n) is 6.23. The molecule has 0 fully saturated rings. The SMILES string of the molecule is CC(C(=O)Nc1ccccc1)C(=O)c1ccc(Cl)cc1. The van der Waals surface area contributed by atoms with E-state index in [1.54, 1.807) is 43.3 Å². The molecule has 0 aromatic heterocycles. The molecule has 2 aromatic rings. The number of nitrogens with one attached hydrogen (secondary N) is 1. The van der Waals surface area contributed by atoms with E-state index in [1.165, 1.54) is 0 Å². The van der Waals surface area contributed by atoms with E-state index in [9.17, 15) is 9.59 Å². The van der Waals surface area contributed by atoms with Crippen LogP contribution >= 0.6 is 11.6 Å². The van der Waals surface area contributed by atoms with Gasteiger partial charge in [0.05, 0.1) is 5.92 Å². The summed E-state index contributed by atoms with van der Waals surface area (Å²) in [4.78, 5) is 24.2. The van der Waals surface area contributed by atoms with E-state index in [0.29, 0.717) is 16.3 Å². The lowest BCUT2D eigenvalue weighted by molar-refractivity contribution is -0.118. The van der Waals surface area contributed by atoms with Crippen molar-refractivity contribution in [2.45, 2.75) is 6.92 Å². The topological polar surface area (TPSA) is 46.2 Å². The number of Topliss-reactive ketones (excluding diaryl/α,β-unsaturated/α-hetero) is 1. The van der Waals surface area contributed by atoms with Crippen molar-refractivity contribution >= 4 is 29.0 Å². The van der Waals surface area contributed by atoms with Crippen LogP contribution in [-0.2, 0) is 4.79 Å². The van der Waals surface area contributed by atoms with Crippen molar-refractivity contribution in [1.29, 1.82) is 0 Å². The highest BCUT2D eigenvalue weighted by Gasteiger charge is 2.22. The molecule has 0 spiro atoms. The number of carbonyl (C=O) groups is 2. The summed E-state index contributed by atoms with van der Waals surface area (Å²) in [6.07, 6.45) is 0. The number of anilines is 1. The van der Waals surface area contributed by atoms with Gasteiger partial charge in [0, 0.05) is 16.3 Å². The summed E-state index contributed by atoms with van der Waals surface area (Å²) >= 11 is 5.78. The molecule has 1 N–H and O–H groups in total. The van der Waals surface area contributed by atoms with Gasteiger partial charge in [-0.2, -0.15) is 0 Å². The van der Waals surface area contributed by atoms with Gasteiger partial charge in [0.15, 0.2) is 5.78 Å². The highest BCUT2D eigenvalue weighted by atomic mass is 35.5. The van der Waals surface area contributed by atoms with E-state index in [0.717, 1.165) is 0 Å². The van der Waals surface area contributed by atoms with Crippen LogP contribution in [0.15, 0.2) is 54.6 Å². The maximum absolute atomic E-state index is 12.2. The molecule has 0 aliphatic heterocycles. The minimum Gasteiger partial charge on any atom is -0.325 e. The van der Waals surface area contributed by atoms with Crippen molar-refractivity contribution in [3.63, 3.8) is 0 Å². The van der Waals surface area contributed by atoms with Crippen LogP contribution in [0.5, 0.6) is 0 Å². The Labute approximate surface area is 122 Å². The highest BCUT2D eigenvalue weighted by molar-refractivity contribution is 6.30. The number of hydrogen-bond donors (Lipinski definition) is 1. The van der Waals surface area contributed by atoms with E-state index in [1.807, 2.05) is 18.2 Å². The molecule has 2 aromatic carbocycles. The van der Waals surface area contributed by atoms with Gasteiger partial charge in [-0.05, 0) is 43.3 Å². The fourth-order valence-electron chi connectivity index (χ4n) is 1.76. The molecule has 4 heteroatoms. The second-order valence-electron chi connectivity index (χ2n) is 4.45. The van der Waals surface area contributed by atoms with Crippen LogP contribution in [0.1, 0.15) is 17.3 Å². The number of rotatable bonds is 4. The standard InChI is InChI=1S/C16H14ClNO2/c1-11(15(19)12-7-9-13(17)10-8-12)16(20)18-14-5-3-2-4-6-14/h2-11H,1H3,(H,18,20). The predicted octanol–water partition coefficient (Wildman–Crippen LogP) is 3.80. The number of carbonyl (C=O) groups excluding carboxylic acids is 2. The molecular formula is C16H14ClNO2. The molecule has 2 rings (SSSR count). The minimum atomic E-state index is -0.753. The predicted molar refractivity (Wildman–Crippen MR) is 80.0 cm³/mol. The summed E-state index contributed by atoms with van der Waals surface area (Å²) in [5.41, 5.74) is 1.15. The van der Waals surface area contributed by atoms with Crippen molar-refractivity contribution in [2.24, 2.45) is 5.92 Å². The van der Waals surface area contributed by atoms with Crippen LogP contribution in [-0.4, -0.2) is 11.7 Å². The Morgan fingerprint density at radius 3 is 2.20 bits per heavy atom. The van der Waals surface area contributed by atoms with Crippen molar-refractivity contribution in [3.05, 3.63) is 65.2 Å². The molecule has 0 saturated carbocycles. The fraction of sp³-hybridized carbons (Fsp3) is 0.125. The zero-order chi connectivity index (χ0) is 14.5. The average Bonchev–Trinajstić information content (AvgIpc) is 2.47. The third-order valence-electron chi connectivity index (χ3n) is 2.96. The molecule has 0 bridgehead atoms. The summed E-state index contributed by atoms with van der Waals surface area (Å²) in [6, 6.07) is 15.6. The van der Waals surface area contributed by atoms with Crippen LogP contribution < -0.4 is 5.32 Å². The first kappa shape index (κ1) is 14.3. The zero-order valence-corrected chi connectivity index (χ0v) is 11.7. The largest absolute Gasteiger partial charge is 0.325 e. The van der Waals surface area contributed by atoms with Crippen LogP contribution in [0, 0.1) is 5.92 Å². The maximum Gasteiger partial charge on any atom is 0.235 e. The summed E-state index contributed by atoms with van der Waals surface area (Å²) in [5, 5.41) is 3.28. The normalized spacial score (nSPS) is 11.7. The molecule has 3 nitrogen and oxygen atoms in total. The van der Waals surface area contributed by atoms with Crippen molar-refractivity contribution in [3.8, 4) is 0 Å². The lowest BCUT2D eigenvalue weighted by Gasteiger charge is -2.11. The highest BCUT2D eigenvalue weighted by Crippen LogP contribution is 2.15. The molecule has 0 radical (unpaired) electrons. The van der Waals surface area contributed by atoms with Gasteiger partial charge in [0.25, 0.3) is 0 Å². The Bertz CT molecular complexity index is 608. The van der Waals surface area contributed by atoms with Gasteiger partial charge in [-0.25, -0.2) is 0 Å². The number of amides is 1. The molecule has 0 saturated heterocycles. The van der Waals surface area contributed by atoms with Gasteiger partial charge < -0.3 is 5.32 Å². The molecule has 1 amide bonds. The Morgan fingerprint density at radius 1 is 1.00 bits per heavy atom. The molecule has 0 aliphatic rings. The number of benzene rings is 2. The first-order chi connectivity index (χ1) is 9.58. The molecule has 20 heavy (non-hydrogen) atoms. The zero-order valence-electron chi connectivity index (χ0n) is 11.0.